The van der Waals surface area contributed by atoms with Crippen molar-refractivity contribution in [3.8, 4) is 18.7 Å². The summed E-state index contributed by atoms with van der Waals surface area (Å²) >= 11 is 0. The summed E-state index contributed by atoms with van der Waals surface area (Å²) < 4.78 is 0. The third-order valence-corrected chi connectivity index (χ3v) is 0.128. The first kappa shape index (κ1) is 9.28. The Morgan fingerprint density at radius 2 is 2.17 bits per heavy atom. The van der Waals surface area contributed by atoms with Gasteiger partial charge in [-0.2, -0.15) is 5.26 Å². The minimum atomic E-state index is 0. The fourth-order valence-corrected chi connectivity index (χ4v) is 0.0323. The number of nitriles is 1. The summed E-state index contributed by atoms with van der Waals surface area (Å²) in [6, 6.07) is 1.91. The van der Waals surface area contributed by atoms with E-state index in [0.717, 1.165) is 0 Å². The molecule has 0 spiro atoms. The van der Waals surface area contributed by atoms with Crippen LogP contribution in [0.2, 0.25) is 0 Å². The summed E-state index contributed by atoms with van der Waals surface area (Å²) in [5, 5.41) is 9.51. The molecule has 0 radical (unpaired) electrons. The van der Waals surface area contributed by atoms with E-state index in [1.807, 2.05) is 11.4 Å². The second-order valence-corrected chi connectivity index (χ2v) is 0.381. The zero-order chi connectivity index (χ0) is 4.12. The van der Waals surface area contributed by atoms with Crippen molar-refractivity contribution in [2.45, 2.75) is 0 Å². The molecule has 0 aliphatic carbocycles. The molecular formula is C3H3N2Na. The van der Waals surface area contributed by atoms with Gasteiger partial charge in [0.05, 0.1) is 0 Å². The van der Waals surface area contributed by atoms with Crippen LogP contribution in [0, 0.1) is 23.9 Å². The Bertz CT molecular complexity index is 73.9. The third-order valence-electron chi connectivity index (χ3n) is 0.128. The van der Waals surface area contributed by atoms with Gasteiger partial charge >= 0.3 is 29.6 Å². The van der Waals surface area contributed by atoms with Gasteiger partial charge in [-0.15, -0.1) is 0 Å². The molecule has 0 aliphatic heterocycles. The van der Waals surface area contributed by atoms with E-state index in [2.05, 4.69) is 6.42 Å². The zero-order valence-electron chi connectivity index (χ0n) is 2.52. The van der Waals surface area contributed by atoms with Gasteiger partial charge in [0.25, 0.3) is 0 Å². The molecule has 0 aromatic rings. The first-order valence-electron chi connectivity index (χ1n) is 1.01. The monoisotopic (exact) mass is 90.0 g/mol. The number of hydrogen-bond acceptors (Lipinski definition) is 2. The SMILES string of the molecule is C#CNC#N.[NaH]. The maximum atomic E-state index is 7.56. The molecule has 0 rings (SSSR count). The number of hydrogen-bond donors (Lipinski definition) is 1. The number of nitrogens with one attached hydrogen (secondary N) is 1. The van der Waals surface area contributed by atoms with Crippen LogP contribution in [0.3, 0.4) is 0 Å². The molecule has 0 fully saturated rings. The van der Waals surface area contributed by atoms with Crippen molar-refractivity contribution < 1.29 is 0 Å². The van der Waals surface area contributed by atoms with Gasteiger partial charge in [0.15, 0.2) is 6.19 Å². The topological polar surface area (TPSA) is 35.8 Å². The van der Waals surface area contributed by atoms with Gasteiger partial charge in [-0.05, 0) is 0 Å². The van der Waals surface area contributed by atoms with Crippen molar-refractivity contribution in [1.29, 1.82) is 5.26 Å². The van der Waals surface area contributed by atoms with Crippen molar-refractivity contribution >= 4 is 29.6 Å². The summed E-state index contributed by atoms with van der Waals surface area (Å²) in [6.45, 7) is 0. The number of terminal acetylenes is 1. The molecule has 0 bridgehead atoms. The van der Waals surface area contributed by atoms with Gasteiger partial charge in [-0.25, -0.2) is 0 Å². The third kappa shape index (κ3) is 9.14. The van der Waals surface area contributed by atoms with Crippen LogP contribution in [0.5, 0.6) is 0 Å². The first-order chi connectivity index (χ1) is 2.41. The number of nitrogens with zero attached hydrogens (tertiary/aromatic N) is 1. The summed E-state index contributed by atoms with van der Waals surface area (Å²) in [4.78, 5) is 0. The zero-order valence-corrected chi connectivity index (χ0v) is 2.52. The molecule has 3 heteroatoms. The molecule has 0 heterocycles. The van der Waals surface area contributed by atoms with Gasteiger partial charge < -0.3 is 0 Å². The van der Waals surface area contributed by atoms with E-state index in [1.165, 1.54) is 6.19 Å². The van der Waals surface area contributed by atoms with Crippen molar-refractivity contribution in [2.75, 3.05) is 0 Å². The Morgan fingerprint density at radius 3 is 2.17 bits per heavy atom. The molecule has 0 aromatic heterocycles. The van der Waals surface area contributed by atoms with Crippen LogP contribution in [0.15, 0.2) is 0 Å². The van der Waals surface area contributed by atoms with Crippen LogP contribution in [0.25, 0.3) is 0 Å². The molecule has 0 aliphatic rings. The summed E-state index contributed by atoms with van der Waals surface area (Å²) in [5.74, 6) is 0. The van der Waals surface area contributed by atoms with E-state index >= 15 is 0 Å². The Labute approximate surface area is 58.8 Å². The van der Waals surface area contributed by atoms with Crippen LogP contribution in [0.4, 0.5) is 0 Å². The van der Waals surface area contributed by atoms with E-state index in [9.17, 15) is 0 Å². The molecular weight excluding hydrogens is 87.0 g/mol. The fourth-order valence-electron chi connectivity index (χ4n) is 0.0323. The molecule has 6 heavy (non-hydrogen) atoms. The predicted molar refractivity (Wildman–Crippen MR) is 24.7 cm³/mol. The van der Waals surface area contributed by atoms with Gasteiger partial charge in [-0.1, -0.05) is 6.42 Å². The Hall–Kier alpha value is -0.150. The molecule has 1 N–H and O–H groups in total. The van der Waals surface area contributed by atoms with Gasteiger partial charge in [0.2, 0.25) is 0 Å². The average Bonchev–Trinajstić information content (AvgIpc) is 1.41. The average molecular weight is 90.1 g/mol. The Kier molecular flexibility index (Phi) is 13.7. The van der Waals surface area contributed by atoms with Crippen molar-refractivity contribution in [3.05, 3.63) is 0 Å². The quantitative estimate of drug-likeness (QED) is 0.179. The van der Waals surface area contributed by atoms with Crippen LogP contribution in [0.1, 0.15) is 0 Å². The van der Waals surface area contributed by atoms with Crippen LogP contribution >= 0.6 is 0 Å². The van der Waals surface area contributed by atoms with Gasteiger partial charge in [0.1, 0.15) is 0 Å². The second-order valence-electron chi connectivity index (χ2n) is 0.381. The summed E-state index contributed by atoms with van der Waals surface area (Å²) in [5.41, 5.74) is 0. The van der Waals surface area contributed by atoms with Gasteiger partial charge in [-0.3, -0.25) is 5.32 Å². The summed E-state index contributed by atoms with van der Waals surface area (Å²) in [6.07, 6.45) is 6.09. The molecule has 0 aromatic carbocycles. The number of rotatable bonds is 0. The maximum absolute atomic E-state index is 7.56. The molecule has 0 saturated carbocycles. The predicted octanol–water partition coefficient (Wildman–Crippen LogP) is -1.00. The van der Waals surface area contributed by atoms with Crippen LogP contribution < -0.4 is 5.32 Å². The Balaban J connectivity index is 0. The molecule has 0 atom stereocenters. The normalized spacial score (nSPS) is 3.00. The van der Waals surface area contributed by atoms with Crippen LogP contribution in [-0.2, 0) is 0 Å². The molecule has 0 unspecified atom stereocenters. The molecule has 0 saturated heterocycles. The van der Waals surface area contributed by atoms with Crippen molar-refractivity contribution in [3.63, 3.8) is 0 Å². The Morgan fingerprint density at radius 1 is 1.67 bits per heavy atom. The summed E-state index contributed by atoms with van der Waals surface area (Å²) in [7, 11) is 0. The van der Waals surface area contributed by atoms with Crippen molar-refractivity contribution in [1.82, 2.24) is 5.32 Å². The van der Waals surface area contributed by atoms with E-state index in [-0.39, 0.29) is 29.6 Å². The molecule has 2 nitrogen and oxygen atoms in total. The van der Waals surface area contributed by atoms with Crippen LogP contribution in [-0.4, -0.2) is 29.6 Å². The van der Waals surface area contributed by atoms with Gasteiger partial charge in [0, 0.05) is 6.04 Å². The second kappa shape index (κ2) is 8.85. The van der Waals surface area contributed by atoms with Crippen molar-refractivity contribution in [2.24, 2.45) is 0 Å². The fraction of sp³-hybridized carbons (Fsp3) is 0. The molecule has 26 valence electrons. The standard InChI is InChI=1S/C3H2N2.Na.H/c1-2-5-3-4;;/h1,5H;;. The van der Waals surface area contributed by atoms with E-state index < -0.39 is 0 Å². The molecule has 0 amide bonds. The van der Waals surface area contributed by atoms with E-state index in [1.54, 1.807) is 0 Å². The van der Waals surface area contributed by atoms with E-state index in [4.69, 9.17) is 5.26 Å². The van der Waals surface area contributed by atoms with E-state index in [0.29, 0.717) is 0 Å². The minimum absolute atomic E-state index is 0. The first-order valence-corrected chi connectivity index (χ1v) is 1.01.